The summed E-state index contributed by atoms with van der Waals surface area (Å²) in [4.78, 5) is 12.0. The van der Waals surface area contributed by atoms with E-state index in [4.69, 9.17) is 11.6 Å². The van der Waals surface area contributed by atoms with E-state index in [9.17, 15) is 4.79 Å². The summed E-state index contributed by atoms with van der Waals surface area (Å²) in [5, 5.41) is 2.89. The van der Waals surface area contributed by atoms with Crippen molar-refractivity contribution >= 4 is 39.1 Å². The number of benzene rings is 2. The molecule has 0 aliphatic rings. The predicted molar refractivity (Wildman–Crippen MR) is 82.5 cm³/mol. The minimum Gasteiger partial charge on any atom is -0.326 e. The van der Waals surface area contributed by atoms with Crippen molar-refractivity contribution in [2.75, 3.05) is 5.32 Å². The second kappa shape index (κ2) is 6.73. The molecule has 0 spiro atoms. The third-order valence-corrected chi connectivity index (χ3v) is 3.47. The number of hydrogen-bond acceptors (Lipinski definition) is 1. The van der Waals surface area contributed by atoms with Crippen molar-refractivity contribution in [3.05, 3.63) is 64.1 Å². The van der Waals surface area contributed by atoms with Gasteiger partial charge in [0.05, 0.1) is 6.42 Å². The lowest BCUT2D eigenvalue weighted by atomic mass is 10.1. The molecule has 0 aromatic heterocycles. The van der Waals surface area contributed by atoms with E-state index in [0.717, 1.165) is 21.3 Å². The lowest BCUT2D eigenvalue weighted by molar-refractivity contribution is -0.115. The quantitative estimate of drug-likeness (QED) is 0.824. The average molecular weight is 339 g/mol. The number of halogens is 2. The summed E-state index contributed by atoms with van der Waals surface area (Å²) in [5.74, 6) is 0.337. The van der Waals surface area contributed by atoms with E-state index in [1.54, 1.807) is 0 Å². The van der Waals surface area contributed by atoms with E-state index >= 15 is 0 Å². The largest absolute Gasteiger partial charge is 0.326 e. The number of hydrogen-bond donors (Lipinski definition) is 1. The fraction of sp³-hybridized carbons (Fsp3) is 0.133. The minimum atomic E-state index is -0.0457. The van der Waals surface area contributed by atoms with Crippen LogP contribution in [0.1, 0.15) is 11.1 Å². The highest BCUT2D eigenvalue weighted by Crippen LogP contribution is 2.18. The number of anilines is 1. The Labute approximate surface area is 125 Å². The van der Waals surface area contributed by atoms with Gasteiger partial charge in [-0.3, -0.25) is 4.79 Å². The third-order valence-electron chi connectivity index (χ3n) is 2.69. The predicted octanol–water partition coefficient (Wildman–Crippen LogP) is 4.37. The zero-order valence-electron chi connectivity index (χ0n) is 10.2. The van der Waals surface area contributed by atoms with Crippen LogP contribution in [0, 0.1) is 0 Å². The second-order valence-electron chi connectivity index (χ2n) is 4.15. The van der Waals surface area contributed by atoms with Gasteiger partial charge < -0.3 is 5.32 Å². The Kier molecular flexibility index (Phi) is 5.00. The van der Waals surface area contributed by atoms with Crippen LogP contribution in [0.15, 0.2) is 53.0 Å². The summed E-state index contributed by atoms with van der Waals surface area (Å²) in [6.45, 7) is 0. The summed E-state index contributed by atoms with van der Waals surface area (Å²) in [5.41, 5.74) is 2.67. The van der Waals surface area contributed by atoms with Crippen molar-refractivity contribution in [3.8, 4) is 0 Å². The van der Waals surface area contributed by atoms with Crippen LogP contribution in [0.2, 0.25) is 0 Å². The summed E-state index contributed by atoms with van der Waals surface area (Å²) in [7, 11) is 0. The van der Waals surface area contributed by atoms with E-state index in [1.165, 1.54) is 0 Å². The third kappa shape index (κ3) is 4.08. The Morgan fingerprint density at radius 2 is 1.95 bits per heavy atom. The summed E-state index contributed by atoms with van der Waals surface area (Å²) >= 11 is 9.23. The SMILES string of the molecule is O=C(Cc1cccc(Br)c1)Nc1ccccc1CCl. The Morgan fingerprint density at radius 3 is 2.68 bits per heavy atom. The first-order chi connectivity index (χ1) is 9.19. The van der Waals surface area contributed by atoms with Gasteiger partial charge in [0.25, 0.3) is 0 Å². The molecular weight excluding hydrogens is 326 g/mol. The van der Waals surface area contributed by atoms with Gasteiger partial charge >= 0.3 is 0 Å². The number of rotatable bonds is 4. The van der Waals surface area contributed by atoms with Crippen LogP contribution in [0.25, 0.3) is 0 Å². The Morgan fingerprint density at radius 1 is 1.16 bits per heavy atom. The normalized spacial score (nSPS) is 10.2. The molecule has 1 amide bonds. The fourth-order valence-electron chi connectivity index (χ4n) is 1.79. The molecule has 2 rings (SSSR count). The van der Waals surface area contributed by atoms with E-state index in [1.807, 2.05) is 48.5 Å². The first-order valence-corrected chi connectivity index (χ1v) is 7.20. The molecule has 0 aliphatic heterocycles. The maximum Gasteiger partial charge on any atom is 0.228 e. The Bertz CT molecular complexity index is 586. The summed E-state index contributed by atoms with van der Waals surface area (Å²) in [6, 6.07) is 15.3. The highest BCUT2D eigenvalue weighted by atomic mass is 79.9. The van der Waals surface area contributed by atoms with Crippen LogP contribution in [-0.4, -0.2) is 5.91 Å². The zero-order valence-corrected chi connectivity index (χ0v) is 12.5. The highest BCUT2D eigenvalue weighted by molar-refractivity contribution is 9.10. The molecule has 0 fully saturated rings. The molecule has 19 heavy (non-hydrogen) atoms. The molecule has 0 saturated heterocycles. The molecule has 2 nitrogen and oxygen atoms in total. The summed E-state index contributed by atoms with van der Waals surface area (Å²) in [6.07, 6.45) is 0.343. The van der Waals surface area contributed by atoms with Crippen LogP contribution >= 0.6 is 27.5 Å². The van der Waals surface area contributed by atoms with Gasteiger partial charge in [0.1, 0.15) is 0 Å². The molecule has 0 bridgehead atoms. The molecule has 0 saturated carbocycles. The molecule has 2 aromatic rings. The van der Waals surface area contributed by atoms with Gasteiger partial charge in [-0.1, -0.05) is 46.3 Å². The van der Waals surface area contributed by atoms with Crippen molar-refractivity contribution in [3.63, 3.8) is 0 Å². The van der Waals surface area contributed by atoms with Crippen LogP contribution in [0.5, 0.6) is 0 Å². The standard InChI is InChI=1S/C15H13BrClNO/c16-13-6-3-4-11(8-13)9-15(19)18-14-7-2-1-5-12(14)10-17/h1-8H,9-10H2,(H,18,19). The van der Waals surface area contributed by atoms with Gasteiger partial charge in [0.2, 0.25) is 5.91 Å². The van der Waals surface area contributed by atoms with Gasteiger partial charge in [-0.25, -0.2) is 0 Å². The van der Waals surface area contributed by atoms with Crippen molar-refractivity contribution in [1.82, 2.24) is 0 Å². The van der Waals surface area contributed by atoms with Gasteiger partial charge in [0.15, 0.2) is 0 Å². The van der Waals surface area contributed by atoms with Crippen molar-refractivity contribution < 1.29 is 4.79 Å². The molecule has 1 N–H and O–H groups in total. The molecule has 0 radical (unpaired) electrons. The average Bonchev–Trinajstić information content (AvgIpc) is 2.39. The van der Waals surface area contributed by atoms with Crippen LogP contribution in [0.4, 0.5) is 5.69 Å². The number of nitrogens with one attached hydrogen (secondary N) is 1. The molecule has 0 unspecified atom stereocenters. The molecule has 0 atom stereocenters. The van der Waals surface area contributed by atoms with Crippen molar-refractivity contribution in [1.29, 1.82) is 0 Å². The van der Waals surface area contributed by atoms with Crippen molar-refractivity contribution in [2.45, 2.75) is 12.3 Å². The summed E-state index contributed by atoms with van der Waals surface area (Å²) < 4.78 is 0.971. The van der Waals surface area contributed by atoms with Crippen LogP contribution in [0.3, 0.4) is 0 Å². The van der Waals surface area contributed by atoms with E-state index in [0.29, 0.717) is 12.3 Å². The van der Waals surface area contributed by atoms with Gasteiger partial charge in [0, 0.05) is 16.0 Å². The number of amides is 1. The number of para-hydroxylation sites is 1. The topological polar surface area (TPSA) is 29.1 Å². The van der Waals surface area contributed by atoms with E-state index < -0.39 is 0 Å². The van der Waals surface area contributed by atoms with Gasteiger partial charge in [-0.15, -0.1) is 11.6 Å². The van der Waals surface area contributed by atoms with Crippen molar-refractivity contribution in [2.24, 2.45) is 0 Å². The fourth-order valence-corrected chi connectivity index (χ4v) is 2.47. The number of alkyl halides is 1. The lowest BCUT2D eigenvalue weighted by Gasteiger charge is -2.09. The highest BCUT2D eigenvalue weighted by Gasteiger charge is 2.07. The maximum atomic E-state index is 12.0. The monoisotopic (exact) mass is 337 g/mol. The van der Waals surface area contributed by atoms with Gasteiger partial charge in [-0.2, -0.15) is 0 Å². The van der Waals surface area contributed by atoms with Crippen LogP contribution < -0.4 is 5.32 Å². The minimum absolute atomic E-state index is 0.0457. The molecule has 2 aromatic carbocycles. The molecule has 0 aliphatic carbocycles. The van der Waals surface area contributed by atoms with Gasteiger partial charge in [-0.05, 0) is 29.3 Å². The first kappa shape index (κ1) is 14.1. The number of carbonyl (C=O) groups is 1. The first-order valence-electron chi connectivity index (χ1n) is 5.87. The smallest absolute Gasteiger partial charge is 0.228 e. The Balaban J connectivity index is 2.05. The maximum absolute atomic E-state index is 12.0. The van der Waals surface area contributed by atoms with E-state index in [-0.39, 0.29) is 5.91 Å². The molecular formula is C15H13BrClNO. The Hall–Kier alpha value is -1.32. The number of carbonyl (C=O) groups excluding carboxylic acids is 1. The lowest BCUT2D eigenvalue weighted by Crippen LogP contribution is -2.15. The second-order valence-corrected chi connectivity index (χ2v) is 5.33. The molecule has 0 heterocycles. The van der Waals surface area contributed by atoms with E-state index in [2.05, 4.69) is 21.2 Å². The molecule has 98 valence electrons. The zero-order chi connectivity index (χ0) is 13.7. The van der Waals surface area contributed by atoms with Crippen LogP contribution in [-0.2, 0) is 17.1 Å². The molecule has 4 heteroatoms.